The molecule has 24 heavy (non-hydrogen) atoms. The highest BCUT2D eigenvalue weighted by atomic mass is 32.2. The van der Waals surface area contributed by atoms with Gasteiger partial charge < -0.3 is 4.42 Å². The number of benzene rings is 1. The third-order valence-corrected chi connectivity index (χ3v) is 7.32. The summed E-state index contributed by atoms with van der Waals surface area (Å²) in [6.07, 6.45) is 1.66. The number of nitrogens with zero attached hydrogens (tertiary/aromatic N) is 2. The molecule has 3 aromatic rings. The highest BCUT2D eigenvalue weighted by molar-refractivity contribution is 7.89. The second-order valence-electron chi connectivity index (χ2n) is 5.85. The Hall–Kier alpha value is -1.90. The molecule has 4 rings (SSSR count). The van der Waals surface area contributed by atoms with Crippen LogP contribution in [0.25, 0.3) is 11.1 Å². The molecule has 1 saturated heterocycles. The normalized spacial score (nSPS) is 19.3. The number of thiophene rings is 1. The van der Waals surface area contributed by atoms with Crippen LogP contribution in [0, 0.1) is 0 Å². The Morgan fingerprint density at radius 2 is 2.12 bits per heavy atom. The lowest BCUT2D eigenvalue weighted by Gasteiger charge is -2.23. The lowest BCUT2D eigenvalue weighted by atomic mass is 10.2. The van der Waals surface area contributed by atoms with E-state index in [1.54, 1.807) is 28.8 Å². The second-order valence-corrected chi connectivity index (χ2v) is 8.72. The summed E-state index contributed by atoms with van der Waals surface area (Å²) in [5.74, 6) is -0.503. The zero-order chi connectivity index (χ0) is 16.9. The molecule has 1 aromatic carbocycles. The Bertz CT molecular complexity index is 1050. The Kier molecular flexibility index (Phi) is 3.63. The number of rotatable bonds is 3. The van der Waals surface area contributed by atoms with Crippen LogP contribution < -0.4 is 5.76 Å². The number of oxazole rings is 1. The number of hydrogen-bond donors (Lipinski definition) is 0. The van der Waals surface area contributed by atoms with E-state index in [0.717, 1.165) is 17.7 Å². The van der Waals surface area contributed by atoms with Gasteiger partial charge in [0, 0.05) is 24.5 Å². The van der Waals surface area contributed by atoms with Gasteiger partial charge in [0.1, 0.15) is 0 Å². The summed E-state index contributed by atoms with van der Waals surface area (Å²) in [5, 5.41) is 1.96. The minimum Gasteiger partial charge on any atom is -0.408 e. The molecule has 1 aliphatic heterocycles. The van der Waals surface area contributed by atoms with Gasteiger partial charge in [-0.15, -0.1) is 11.3 Å². The predicted molar refractivity (Wildman–Crippen MR) is 91.6 cm³/mol. The average molecular weight is 364 g/mol. The summed E-state index contributed by atoms with van der Waals surface area (Å²) in [4.78, 5) is 12.8. The fraction of sp³-hybridized carbons (Fsp3) is 0.312. The lowest BCUT2D eigenvalue weighted by Crippen LogP contribution is -2.30. The Morgan fingerprint density at radius 3 is 2.88 bits per heavy atom. The first-order valence-electron chi connectivity index (χ1n) is 7.63. The van der Waals surface area contributed by atoms with Crippen LogP contribution in [0.15, 0.2) is 49.8 Å². The van der Waals surface area contributed by atoms with E-state index in [1.165, 1.54) is 16.7 Å². The molecule has 0 radical (unpaired) electrons. The molecular formula is C16H16N2O4S2. The van der Waals surface area contributed by atoms with Gasteiger partial charge in [-0.05, 0) is 36.4 Å². The molecule has 0 aliphatic carbocycles. The maximum atomic E-state index is 13.1. The Labute approximate surface area is 143 Å². The maximum Gasteiger partial charge on any atom is 0.419 e. The molecule has 1 fully saturated rings. The van der Waals surface area contributed by atoms with E-state index in [0.29, 0.717) is 12.1 Å². The van der Waals surface area contributed by atoms with Crippen molar-refractivity contribution in [3.05, 3.63) is 51.1 Å². The predicted octanol–water partition coefficient (Wildman–Crippen LogP) is 2.72. The van der Waals surface area contributed by atoms with E-state index in [-0.39, 0.29) is 16.5 Å². The number of aryl methyl sites for hydroxylation is 1. The van der Waals surface area contributed by atoms with Crippen LogP contribution in [0.4, 0.5) is 0 Å². The topological polar surface area (TPSA) is 72.5 Å². The SMILES string of the molecule is Cn1c(=O)oc2cc(S(=O)(=O)N3CCC[C@@H]3c3cccs3)ccc21. The highest BCUT2D eigenvalue weighted by Gasteiger charge is 2.36. The third kappa shape index (κ3) is 2.33. The largest absolute Gasteiger partial charge is 0.419 e. The summed E-state index contributed by atoms with van der Waals surface area (Å²) in [5.41, 5.74) is 0.866. The number of sulfonamides is 1. The number of hydrogen-bond acceptors (Lipinski definition) is 5. The van der Waals surface area contributed by atoms with Gasteiger partial charge in [0.05, 0.1) is 16.5 Å². The molecule has 6 nitrogen and oxygen atoms in total. The summed E-state index contributed by atoms with van der Waals surface area (Å²) in [6.45, 7) is 0.502. The fourth-order valence-electron chi connectivity index (χ4n) is 3.20. The summed E-state index contributed by atoms with van der Waals surface area (Å²) in [6, 6.07) is 8.39. The molecule has 126 valence electrons. The van der Waals surface area contributed by atoms with E-state index in [4.69, 9.17) is 4.42 Å². The van der Waals surface area contributed by atoms with E-state index in [2.05, 4.69) is 0 Å². The van der Waals surface area contributed by atoms with Gasteiger partial charge in [0.25, 0.3) is 0 Å². The number of fused-ring (bicyclic) bond motifs is 1. The van der Waals surface area contributed by atoms with Gasteiger partial charge in [-0.2, -0.15) is 4.31 Å². The fourth-order valence-corrected chi connectivity index (χ4v) is 5.83. The average Bonchev–Trinajstić information content (AvgIpc) is 3.28. The Morgan fingerprint density at radius 1 is 1.29 bits per heavy atom. The van der Waals surface area contributed by atoms with Gasteiger partial charge >= 0.3 is 5.76 Å². The van der Waals surface area contributed by atoms with Gasteiger partial charge in [-0.25, -0.2) is 13.2 Å². The molecule has 3 heterocycles. The van der Waals surface area contributed by atoms with Crippen molar-refractivity contribution in [2.24, 2.45) is 7.05 Å². The molecule has 2 aromatic heterocycles. The van der Waals surface area contributed by atoms with Crippen molar-refractivity contribution < 1.29 is 12.8 Å². The summed E-state index contributed by atoms with van der Waals surface area (Å²) in [7, 11) is -2.05. The Balaban J connectivity index is 1.78. The van der Waals surface area contributed by atoms with E-state index in [1.807, 2.05) is 17.5 Å². The van der Waals surface area contributed by atoms with Crippen LogP contribution in [0.5, 0.6) is 0 Å². The smallest absolute Gasteiger partial charge is 0.408 e. The first kappa shape index (κ1) is 15.6. The van der Waals surface area contributed by atoms with Crippen LogP contribution in [-0.4, -0.2) is 23.8 Å². The molecule has 0 saturated carbocycles. The molecule has 1 aliphatic rings. The molecule has 0 N–H and O–H groups in total. The summed E-state index contributed by atoms with van der Waals surface area (Å²) < 4.78 is 34.2. The first-order valence-corrected chi connectivity index (χ1v) is 9.95. The maximum absolute atomic E-state index is 13.1. The van der Waals surface area contributed by atoms with Gasteiger partial charge in [0.15, 0.2) is 5.58 Å². The van der Waals surface area contributed by atoms with Crippen molar-refractivity contribution in [3.63, 3.8) is 0 Å². The first-order chi connectivity index (χ1) is 11.5. The molecule has 8 heteroatoms. The van der Waals surface area contributed by atoms with Crippen LogP contribution in [-0.2, 0) is 17.1 Å². The van der Waals surface area contributed by atoms with Crippen molar-refractivity contribution in [1.82, 2.24) is 8.87 Å². The zero-order valence-corrected chi connectivity index (χ0v) is 14.6. The molecule has 0 unspecified atom stereocenters. The summed E-state index contributed by atoms with van der Waals surface area (Å²) >= 11 is 1.57. The van der Waals surface area contributed by atoms with Gasteiger partial charge in [-0.1, -0.05) is 6.07 Å². The van der Waals surface area contributed by atoms with Crippen molar-refractivity contribution in [3.8, 4) is 0 Å². The zero-order valence-electron chi connectivity index (χ0n) is 13.0. The van der Waals surface area contributed by atoms with E-state index < -0.39 is 15.8 Å². The molecule has 0 spiro atoms. The monoisotopic (exact) mass is 364 g/mol. The lowest BCUT2D eigenvalue weighted by molar-refractivity contribution is 0.401. The van der Waals surface area contributed by atoms with E-state index >= 15 is 0 Å². The minimum absolute atomic E-state index is 0.117. The standard InChI is InChI=1S/C16H16N2O4S2/c1-17-12-7-6-11(10-14(12)22-16(17)19)24(20,21)18-8-2-4-13(18)15-5-3-9-23-15/h3,5-7,9-10,13H,2,4,8H2,1H3/t13-/m1/s1. The molecule has 0 bridgehead atoms. The quantitative estimate of drug-likeness (QED) is 0.716. The van der Waals surface area contributed by atoms with Gasteiger partial charge in [-0.3, -0.25) is 4.57 Å². The molecular weight excluding hydrogens is 348 g/mol. The third-order valence-electron chi connectivity index (χ3n) is 4.45. The minimum atomic E-state index is -3.64. The van der Waals surface area contributed by atoms with Crippen molar-refractivity contribution >= 4 is 32.5 Å². The second kappa shape index (κ2) is 5.58. The van der Waals surface area contributed by atoms with Crippen molar-refractivity contribution in [1.29, 1.82) is 0 Å². The van der Waals surface area contributed by atoms with Crippen molar-refractivity contribution in [2.45, 2.75) is 23.8 Å². The highest BCUT2D eigenvalue weighted by Crippen LogP contribution is 2.38. The van der Waals surface area contributed by atoms with Crippen molar-refractivity contribution in [2.75, 3.05) is 6.54 Å². The van der Waals surface area contributed by atoms with Crippen LogP contribution in [0.3, 0.4) is 0 Å². The molecule has 0 amide bonds. The number of aromatic nitrogens is 1. The van der Waals surface area contributed by atoms with E-state index in [9.17, 15) is 13.2 Å². The van der Waals surface area contributed by atoms with Crippen LogP contribution in [0.2, 0.25) is 0 Å². The molecule has 1 atom stereocenters. The van der Waals surface area contributed by atoms with Gasteiger partial charge in [0.2, 0.25) is 10.0 Å². The van der Waals surface area contributed by atoms with Crippen LogP contribution >= 0.6 is 11.3 Å². The van der Waals surface area contributed by atoms with Crippen LogP contribution in [0.1, 0.15) is 23.8 Å².